The predicted molar refractivity (Wildman–Crippen MR) is 113 cm³/mol. The number of benzene rings is 1. The van der Waals surface area contributed by atoms with Gasteiger partial charge in [0.15, 0.2) is 0 Å². The average molecular weight is 403 g/mol. The Hall–Kier alpha value is -1.96. The molecular formula is C21H30N4O2S. The molecule has 2 aromatic rings. The molecule has 0 amide bonds. The Labute approximate surface area is 168 Å². The fourth-order valence-electron chi connectivity index (χ4n) is 3.50. The van der Waals surface area contributed by atoms with E-state index in [0.717, 1.165) is 6.54 Å². The summed E-state index contributed by atoms with van der Waals surface area (Å²) in [5.41, 5.74) is 2.52. The van der Waals surface area contributed by atoms with E-state index in [4.69, 9.17) is 0 Å². The third-order valence-corrected chi connectivity index (χ3v) is 7.21. The van der Waals surface area contributed by atoms with Gasteiger partial charge >= 0.3 is 0 Å². The van der Waals surface area contributed by atoms with E-state index < -0.39 is 10.0 Å². The zero-order valence-corrected chi connectivity index (χ0v) is 17.6. The second-order valence-corrected chi connectivity index (χ2v) is 9.06. The number of rotatable bonds is 9. The maximum Gasteiger partial charge on any atom is 0.244 e. The molecule has 1 aromatic heterocycles. The first-order valence-electron chi connectivity index (χ1n) is 10.0. The van der Waals surface area contributed by atoms with Crippen molar-refractivity contribution in [3.63, 3.8) is 0 Å². The number of nitrogens with one attached hydrogen (secondary N) is 1. The summed E-state index contributed by atoms with van der Waals surface area (Å²) in [7, 11) is -3.46. The smallest absolute Gasteiger partial charge is 0.244 e. The van der Waals surface area contributed by atoms with Gasteiger partial charge in [0.1, 0.15) is 10.7 Å². The first-order chi connectivity index (χ1) is 13.5. The third kappa shape index (κ3) is 5.10. The number of hydrogen-bond acceptors (Lipinski definition) is 5. The van der Waals surface area contributed by atoms with E-state index in [-0.39, 0.29) is 4.90 Å². The normalized spacial score (nSPS) is 15.2. The minimum atomic E-state index is -3.46. The van der Waals surface area contributed by atoms with Crippen LogP contribution in [-0.4, -0.2) is 48.8 Å². The number of pyridine rings is 1. The van der Waals surface area contributed by atoms with Crippen LogP contribution in [0.2, 0.25) is 0 Å². The molecule has 3 rings (SSSR count). The van der Waals surface area contributed by atoms with Crippen molar-refractivity contribution in [1.29, 1.82) is 0 Å². The van der Waals surface area contributed by atoms with Gasteiger partial charge in [0.05, 0.1) is 0 Å². The number of anilines is 1. The van der Waals surface area contributed by atoms with Crippen LogP contribution in [0.3, 0.4) is 0 Å². The van der Waals surface area contributed by atoms with Crippen molar-refractivity contribution in [3.05, 3.63) is 53.7 Å². The van der Waals surface area contributed by atoms with Crippen LogP contribution < -0.4 is 5.32 Å². The molecule has 1 N–H and O–H groups in total. The lowest BCUT2D eigenvalue weighted by Gasteiger charge is -2.18. The molecule has 0 saturated carbocycles. The molecule has 0 spiro atoms. The molecule has 152 valence electrons. The molecule has 0 unspecified atom stereocenters. The summed E-state index contributed by atoms with van der Waals surface area (Å²) < 4.78 is 26.4. The predicted octanol–water partition coefficient (Wildman–Crippen LogP) is 3.32. The van der Waals surface area contributed by atoms with Gasteiger partial charge in [0.2, 0.25) is 10.0 Å². The van der Waals surface area contributed by atoms with E-state index in [9.17, 15) is 8.42 Å². The van der Waals surface area contributed by atoms with Gasteiger partial charge in [0, 0.05) is 32.4 Å². The summed E-state index contributed by atoms with van der Waals surface area (Å²) in [6, 6.07) is 12.0. The van der Waals surface area contributed by atoms with Crippen LogP contribution in [0.15, 0.2) is 47.5 Å². The highest BCUT2D eigenvalue weighted by molar-refractivity contribution is 7.89. The molecule has 2 heterocycles. The highest BCUT2D eigenvalue weighted by atomic mass is 32.2. The van der Waals surface area contributed by atoms with E-state index in [2.05, 4.69) is 39.5 Å². The van der Waals surface area contributed by atoms with Gasteiger partial charge in [-0.2, -0.15) is 4.31 Å². The second kappa shape index (κ2) is 9.49. The van der Waals surface area contributed by atoms with Crippen LogP contribution in [0.5, 0.6) is 0 Å². The molecule has 0 aliphatic carbocycles. The number of nitrogens with zero attached hydrogens (tertiary/aromatic N) is 3. The maximum absolute atomic E-state index is 12.5. The lowest BCUT2D eigenvalue weighted by Crippen LogP contribution is -2.30. The molecule has 1 aliphatic heterocycles. The van der Waals surface area contributed by atoms with Crippen molar-refractivity contribution in [1.82, 2.24) is 14.2 Å². The number of likely N-dealkylation sites (tertiary alicyclic amines) is 1. The zero-order chi connectivity index (χ0) is 20.0. The summed E-state index contributed by atoms with van der Waals surface area (Å²) in [6.45, 7) is 8.65. The monoisotopic (exact) mass is 402 g/mol. The Morgan fingerprint density at radius 1 is 1.00 bits per heavy atom. The molecule has 0 radical (unpaired) electrons. The average Bonchev–Trinajstić information content (AvgIpc) is 3.21. The minimum Gasteiger partial charge on any atom is -0.366 e. The molecular weight excluding hydrogens is 372 g/mol. The highest BCUT2D eigenvalue weighted by Crippen LogP contribution is 2.17. The molecule has 1 aromatic carbocycles. The lowest BCUT2D eigenvalue weighted by atomic mass is 10.1. The van der Waals surface area contributed by atoms with Crippen molar-refractivity contribution >= 4 is 15.8 Å². The van der Waals surface area contributed by atoms with E-state index in [1.54, 1.807) is 12.1 Å². The minimum absolute atomic E-state index is 0.230. The van der Waals surface area contributed by atoms with Gasteiger partial charge in [-0.25, -0.2) is 13.4 Å². The standard InChI is InChI=1S/C21H30N4O2S/c1-3-25(4-2)28(26,27)20-11-12-21(23-16-20)22-15-18-7-9-19(10-8-18)17-24-13-5-6-14-24/h7-12,16H,3-6,13-15,17H2,1-2H3,(H,22,23). The maximum atomic E-state index is 12.5. The van der Waals surface area contributed by atoms with Crippen molar-refractivity contribution in [2.75, 3.05) is 31.5 Å². The van der Waals surface area contributed by atoms with Crippen LogP contribution in [0.4, 0.5) is 5.82 Å². The Morgan fingerprint density at radius 3 is 2.21 bits per heavy atom. The summed E-state index contributed by atoms with van der Waals surface area (Å²) >= 11 is 0. The summed E-state index contributed by atoms with van der Waals surface area (Å²) in [5.74, 6) is 0.666. The highest BCUT2D eigenvalue weighted by Gasteiger charge is 2.21. The van der Waals surface area contributed by atoms with Crippen LogP contribution in [0.1, 0.15) is 37.8 Å². The van der Waals surface area contributed by atoms with Crippen LogP contribution in [0.25, 0.3) is 0 Å². The summed E-state index contributed by atoms with van der Waals surface area (Å²) in [6.07, 6.45) is 4.04. The molecule has 6 nitrogen and oxygen atoms in total. The van der Waals surface area contributed by atoms with Crippen LogP contribution in [0, 0.1) is 0 Å². The van der Waals surface area contributed by atoms with Gasteiger partial charge in [-0.1, -0.05) is 38.1 Å². The van der Waals surface area contributed by atoms with Gasteiger partial charge in [0.25, 0.3) is 0 Å². The van der Waals surface area contributed by atoms with Gasteiger partial charge in [-0.15, -0.1) is 0 Å². The topological polar surface area (TPSA) is 65.5 Å². The molecule has 7 heteroatoms. The molecule has 0 atom stereocenters. The number of sulfonamides is 1. The number of hydrogen-bond donors (Lipinski definition) is 1. The van der Waals surface area contributed by atoms with Crippen LogP contribution >= 0.6 is 0 Å². The molecule has 28 heavy (non-hydrogen) atoms. The lowest BCUT2D eigenvalue weighted by molar-refractivity contribution is 0.331. The van der Waals surface area contributed by atoms with Crippen LogP contribution in [-0.2, 0) is 23.1 Å². The SMILES string of the molecule is CCN(CC)S(=O)(=O)c1ccc(NCc2ccc(CN3CCCC3)cc2)nc1. The molecule has 0 bridgehead atoms. The van der Waals surface area contributed by atoms with E-state index in [1.807, 2.05) is 13.8 Å². The quantitative estimate of drug-likeness (QED) is 0.697. The number of aromatic nitrogens is 1. The fraction of sp³-hybridized carbons (Fsp3) is 0.476. The van der Waals surface area contributed by atoms with Crippen molar-refractivity contribution in [2.45, 2.75) is 44.7 Å². The summed E-state index contributed by atoms with van der Waals surface area (Å²) in [4.78, 5) is 6.99. The first kappa shape index (κ1) is 20.8. The van der Waals surface area contributed by atoms with Crippen molar-refractivity contribution in [3.8, 4) is 0 Å². The van der Waals surface area contributed by atoms with E-state index in [1.165, 1.54) is 47.6 Å². The molecule has 1 saturated heterocycles. The second-order valence-electron chi connectivity index (χ2n) is 7.12. The first-order valence-corrected chi connectivity index (χ1v) is 11.5. The Balaban J connectivity index is 1.56. The fourth-order valence-corrected chi connectivity index (χ4v) is 4.91. The Bertz CT molecular complexity index is 841. The molecule has 1 fully saturated rings. The summed E-state index contributed by atoms with van der Waals surface area (Å²) in [5, 5.41) is 3.26. The van der Waals surface area contributed by atoms with Gasteiger partial charge in [-0.05, 0) is 49.2 Å². The largest absolute Gasteiger partial charge is 0.366 e. The van der Waals surface area contributed by atoms with Gasteiger partial charge < -0.3 is 5.32 Å². The Morgan fingerprint density at radius 2 is 1.64 bits per heavy atom. The van der Waals surface area contributed by atoms with E-state index >= 15 is 0 Å². The molecule has 1 aliphatic rings. The van der Waals surface area contributed by atoms with Gasteiger partial charge in [-0.3, -0.25) is 4.90 Å². The van der Waals surface area contributed by atoms with Crippen molar-refractivity contribution < 1.29 is 8.42 Å². The van der Waals surface area contributed by atoms with Crippen molar-refractivity contribution in [2.24, 2.45) is 0 Å². The Kier molecular flexibility index (Phi) is 7.04. The zero-order valence-electron chi connectivity index (χ0n) is 16.8. The van der Waals surface area contributed by atoms with E-state index in [0.29, 0.717) is 25.5 Å². The third-order valence-electron chi connectivity index (χ3n) is 5.18.